The highest BCUT2D eigenvalue weighted by molar-refractivity contribution is 5.97. The molecule has 2 aliphatic carbocycles. The molecule has 3 heteroatoms. The highest BCUT2D eigenvalue weighted by atomic mass is 16.1. The van der Waals surface area contributed by atoms with Crippen molar-refractivity contribution < 1.29 is 4.79 Å². The fourth-order valence-electron chi connectivity index (χ4n) is 2.98. The van der Waals surface area contributed by atoms with Crippen LogP contribution in [-0.4, -0.2) is 15.3 Å². The molecule has 3 nitrogen and oxygen atoms in total. The maximum atomic E-state index is 12.3. The minimum atomic E-state index is 0.151. The Morgan fingerprint density at radius 2 is 1.90 bits per heavy atom. The van der Waals surface area contributed by atoms with Crippen molar-refractivity contribution in [1.82, 2.24) is 9.55 Å². The smallest absolute Gasteiger partial charge is 0.183 e. The van der Waals surface area contributed by atoms with Crippen LogP contribution in [0.4, 0.5) is 0 Å². The Morgan fingerprint density at radius 3 is 2.52 bits per heavy atom. The fraction of sp³-hybridized carbons (Fsp3) is 0.444. The SMILES string of the molecule is C[C@H](c1ccc(C2CC2)cc1)n1cncc1C(=O)C1CC1. The van der Waals surface area contributed by atoms with Crippen molar-refractivity contribution in [1.29, 1.82) is 0 Å². The Hall–Kier alpha value is -1.90. The molecule has 0 spiro atoms. The molecule has 0 unspecified atom stereocenters. The van der Waals surface area contributed by atoms with Gasteiger partial charge in [0.1, 0.15) is 5.69 Å². The number of imidazole rings is 1. The Bertz CT molecular complexity index is 663. The summed E-state index contributed by atoms with van der Waals surface area (Å²) in [5.41, 5.74) is 3.45. The van der Waals surface area contributed by atoms with E-state index in [-0.39, 0.29) is 17.7 Å². The lowest BCUT2D eigenvalue weighted by molar-refractivity contribution is 0.0957. The molecular formula is C18H20N2O. The molecule has 108 valence electrons. The van der Waals surface area contributed by atoms with Crippen molar-refractivity contribution in [3.63, 3.8) is 0 Å². The van der Waals surface area contributed by atoms with Crippen LogP contribution < -0.4 is 0 Å². The molecule has 21 heavy (non-hydrogen) atoms. The molecular weight excluding hydrogens is 260 g/mol. The van der Waals surface area contributed by atoms with E-state index < -0.39 is 0 Å². The van der Waals surface area contributed by atoms with Gasteiger partial charge in [-0.1, -0.05) is 24.3 Å². The van der Waals surface area contributed by atoms with Crippen LogP contribution in [0.2, 0.25) is 0 Å². The van der Waals surface area contributed by atoms with Gasteiger partial charge in [-0.25, -0.2) is 4.98 Å². The average molecular weight is 280 g/mol. The first-order valence-electron chi connectivity index (χ1n) is 7.90. The number of hydrogen-bond acceptors (Lipinski definition) is 2. The molecule has 2 aliphatic rings. The first-order chi connectivity index (χ1) is 10.2. The summed E-state index contributed by atoms with van der Waals surface area (Å²) in [6, 6.07) is 9.03. The number of aromatic nitrogens is 2. The van der Waals surface area contributed by atoms with Crippen molar-refractivity contribution >= 4 is 5.78 Å². The summed E-state index contributed by atoms with van der Waals surface area (Å²) in [7, 11) is 0. The minimum absolute atomic E-state index is 0.151. The monoisotopic (exact) mass is 280 g/mol. The van der Waals surface area contributed by atoms with Gasteiger partial charge < -0.3 is 4.57 Å². The van der Waals surface area contributed by atoms with Crippen LogP contribution in [0.3, 0.4) is 0 Å². The van der Waals surface area contributed by atoms with Gasteiger partial charge >= 0.3 is 0 Å². The van der Waals surface area contributed by atoms with Crippen molar-refractivity contribution in [2.75, 3.05) is 0 Å². The summed E-state index contributed by atoms with van der Waals surface area (Å²) in [6.45, 7) is 2.14. The molecule has 2 saturated carbocycles. The van der Waals surface area contributed by atoms with E-state index in [9.17, 15) is 4.79 Å². The summed E-state index contributed by atoms with van der Waals surface area (Å²) >= 11 is 0. The average Bonchev–Trinajstić information content (AvgIpc) is 3.42. The molecule has 1 heterocycles. The number of benzene rings is 1. The Morgan fingerprint density at radius 1 is 1.19 bits per heavy atom. The molecule has 0 bridgehead atoms. The first-order valence-corrected chi connectivity index (χ1v) is 7.90. The van der Waals surface area contributed by atoms with Crippen molar-refractivity contribution in [2.24, 2.45) is 5.92 Å². The second kappa shape index (κ2) is 4.83. The lowest BCUT2D eigenvalue weighted by Gasteiger charge is -2.17. The molecule has 1 aromatic heterocycles. The molecule has 1 atom stereocenters. The molecule has 0 radical (unpaired) electrons. The van der Waals surface area contributed by atoms with Gasteiger partial charge in [-0.15, -0.1) is 0 Å². The second-order valence-corrected chi connectivity index (χ2v) is 6.44. The topological polar surface area (TPSA) is 34.9 Å². The van der Waals surface area contributed by atoms with E-state index >= 15 is 0 Å². The minimum Gasteiger partial charge on any atom is -0.321 e. The molecule has 0 N–H and O–H groups in total. The van der Waals surface area contributed by atoms with E-state index in [0.29, 0.717) is 0 Å². The number of rotatable bonds is 5. The predicted molar refractivity (Wildman–Crippen MR) is 81.5 cm³/mol. The van der Waals surface area contributed by atoms with Crippen LogP contribution in [0, 0.1) is 5.92 Å². The maximum Gasteiger partial charge on any atom is 0.183 e. The summed E-state index contributed by atoms with van der Waals surface area (Å²) < 4.78 is 2.02. The van der Waals surface area contributed by atoms with Crippen molar-refractivity contribution in [3.05, 3.63) is 53.6 Å². The molecule has 1 aromatic carbocycles. The number of hydrogen-bond donors (Lipinski definition) is 0. The van der Waals surface area contributed by atoms with Gasteiger partial charge in [-0.2, -0.15) is 0 Å². The number of Topliss-reactive ketones (excluding diaryl/α,β-unsaturated/α-hetero) is 1. The standard InChI is InChI=1S/C18H20N2O/c1-12(13-2-4-14(5-3-13)15-6-7-15)20-11-19-10-17(20)18(21)16-8-9-16/h2-5,10-12,15-16H,6-9H2,1H3/t12-/m1/s1. The maximum absolute atomic E-state index is 12.3. The Kier molecular flexibility index (Phi) is 2.95. The van der Waals surface area contributed by atoms with Gasteiger partial charge in [-0.3, -0.25) is 4.79 Å². The zero-order valence-corrected chi connectivity index (χ0v) is 12.3. The largest absolute Gasteiger partial charge is 0.321 e. The van der Waals surface area contributed by atoms with Gasteiger partial charge in [0, 0.05) is 5.92 Å². The molecule has 2 fully saturated rings. The normalized spacial score (nSPS) is 19.5. The van der Waals surface area contributed by atoms with E-state index in [4.69, 9.17) is 0 Å². The van der Waals surface area contributed by atoms with E-state index in [2.05, 4.69) is 36.2 Å². The van der Waals surface area contributed by atoms with Gasteiger partial charge in [-0.05, 0) is 49.7 Å². The predicted octanol–water partition coefficient (Wildman–Crippen LogP) is 3.96. The van der Waals surface area contributed by atoms with Gasteiger partial charge in [0.2, 0.25) is 0 Å². The summed E-state index contributed by atoms with van der Waals surface area (Å²) in [5.74, 6) is 1.29. The van der Waals surface area contributed by atoms with Crippen LogP contribution in [0.25, 0.3) is 0 Å². The second-order valence-electron chi connectivity index (χ2n) is 6.44. The quantitative estimate of drug-likeness (QED) is 0.777. The van der Waals surface area contributed by atoms with Crippen LogP contribution in [0.15, 0.2) is 36.8 Å². The Balaban J connectivity index is 1.60. The Labute approximate surface area is 125 Å². The third-order valence-electron chi connectivity index (χ3n) is 4.75. The highest BCUT2D eigenvalue weighted by Crippen LogP contribution is 2.40. The zero-order chi connectivity index (χ0) is 14.4. The van der Waals surface area contributed by atoms with Crippen molar-refractivity contribution in [2.45, 2.75) is 44.6 Å². The van der Waals surface area contributed by atoms with Gasteiger partial charge in [0.15, 0.2) is 5.78 Å². The van der Waals surface area contributed by atoms with Crippen LogP contribution >= 0.6 is 0 Å². The van der Waals surface area contributed by atoms with Gasteiger partial charge in [0.25, 0.3) is 0 Å². The van der Waals surface area contributed by atoms with E-state index in [1.807, 2.05) is 4.57 Å². The number of carbonyl (C=O) groups excluding carboxylic acids is 1. The molecule has 0 aliphatic heterocycles. The molecule has 0 amide bonds. The summed E-state index contributed by atoms with van der Waals surface area (Å²) in [5, 5.41) is 0. The number of carbonyl (C=O) groups is 1. The summed E-state index contributed by atoms with van der Waals surface area (Å²) in [6.07, 6.45) is 8.24. The fourth-order valence-corrected chi connectivity index (χ4v) is 2.98. The highest BCUT2D eigenvalue weighted by Gasteiger charge is 2.33. The van der Waals surface area contributed by atoms with E-state index in [1.165, 1.54) is 24.0 Å². The third-order valence-corrected chi connectivity index (χ3v) is 4.75. The van der Waals surface area contributed by atoms with E-state index in [1.54, 1.807) is 12.5 Å². The van der Waals surface area contributed by atoms with E-state index in [0.717, 1.165) is 24.5 Å². The van der Waals surface area contributed by atoms with Crippen LogP contribution in [0.5, 0.6) is 0 Å². The lowest BCUT2D eigenvalue weighted by atomic mass is 10.0. The van der Waals surface area contributed by atoms with Gasteiger partial charge in [0.05, 0.1) is 18.6 Å². The molecule has 2 aromatic rings. The van der Waals surface area contributed by atoms with Crippen LogP contribution in [-0.2, 0) is 0 Å². The lowest BCUT2D eigenvalue weighted by Crippen LogP contribution is -2.14. The first kappa shape index (κ1) is 12.8. The molecule has 0 saturated heterocycles. The zero-order valence-electron chi connectivity index (χ0n) is 12.3. The van der Waals surface area contributed by atoms with Crippen LogP contribution in [0.1, 0.15) is 66.2 Å². The summed E-state index contributed by atoms with van der Waals surface area (Å²) in [4.78, 5) is 16.5. The molecule has 4 rings (SSSR count). The third kappa shape index (κ3) is 2.41. The number of ketones is 1. The number of nitrogens with zero attached hydrogens (tertiary/aromatic N) is 2. The van der Waals surface area contributed by atoms with Crippen molar-refractivity contribution in [3.8, 4) is 0 Å².